The first-order chi connectivity index (χ1) is 1.41. The summed E-state index contributed by atoms with van der Waals surface area (Å²) < 4.78 is 0. The van der Waals surface area contributed by atoms with Crippen molar-refractivity contribution >= 4 is 109 Å². The van der Waals surface area contributed by atoms with E-state index >= 15 is 0 Å². The summed E-state index contributed by atoms with van der Waals surface area (Å²) in [6.45, 7) is 0. The average molecular weight is 365 g/mol. The van der Waals surface area contributed by atoms with Gasteiger partial charge in [0.15, 0.2) is 0 Å². The minimum Gasteiger partial charge on any atom is 0 e. The summed E-state index contributed by atoms with van der Waals surface area (Å²) >= 11 is 6.50. The molecule has 19 valence electrons. The molecular weight excluding hydrogens is 365 g/mol. The first-order valence-electron chi connectivity index (χ1n) is 0.378. The Hall–Kier alpha value is 3.55. The van der Waals surface area contributed by atoms with Crippen LogP contribution in [0.15, 0.2) is 0 Å². The van der Waals surface area contributed by atoms with Crippen LogP contribution < -0.4 is 0 Å². The van der Waals surface area contributed by atoms with E-state index in [1.165, 1.54) is 0 Å². The first kappa shape index (κ1) is 10.5. The normalized spacial score (nSPS) is 4.50. The van der Waals surface area contributed by atoms with Gasteiger partial charge in [0.1, 0.15) is 0 Å². The third kappa shape index (κ3) is 9.12. The van der Waals surface area contributed by atoms with Crippen LogP contribution in [0.5, 0.6) is 0 Å². The summed E-state index contributed by atoms with van der Waals surface area (Å²) in [6.07, 6.45) is 0. The van der Waals surface area contributed by atoms with Crippen molar-refractivity contribution in [3.05, 3.63) is 0 Å². The number of rotatable bonds is 0. The molecule has 0 rings (SSSR count). The van der Waals surface area contributed by atoms with E-state index in [0.29, 0.717) is 0 Å². The van der Waals surface area contributed by atoms with Gasteiger partial charge in [-0.2, -0.15) is 0 Å². The fourth-order valence-electron chi connectivity index (χ4n) is 0. The van der Waals surface area contributed by atoms with Crippen molar-refractivity contribution in [3.63, 3.8) is 0 Å². The van der Waals surface area contributed by atoms with Gasteiger partial charge in [0.2, 0.25) is 0 Å². The summed E-state index contributed by atoms with van der Waals surface area (Å²) in [7, 11) is 0. The summed E-state index contributed by atoms with van der Waals surface area (Å²) in [5.41, 5.74) is 0. The van der Waals surface area contributed by atoms with E-state index in [-0.39, 0.29) is 80.6 Å². The van der Waals surface area contributed by atoms with E-state index in [9.17, 15) is 0 Å². The summed E-state index contributed by atoms with van der Waals surface area (Å²) in [4.78, 5) is 0. The van der Waals surface area contributed by atoms with Gasteiger partial charge in [0.05, 0.1) is 0 Å². The molecule has 0 fully saturated rings. The van der Waals surface area contributed by atoms with E-state index in [4.69, 9.17) is 0 Å². The average Bonchev–Trinajstić information content (AvgIpc) is 0.918. The van der Waals surface area contributed by atoms with Crippen LogP contribution in [0.25, 0.3) is 0 Å². The maximum Gasteiger partial charge on any atom is 0 e. The standard InChI is InChI=1S/Br2Ge.Cs/c1-3-2;. The Morgan fingerprint density at radius 2 is 1.25 bits per heavy atom. The monoisotopic (exact) mass is 365 g/mol. The van der Waals surface area contributed by atoms with E-state index in [2.05, 4.69) is 28.0 Å². The molecule has 0 saturated carbocycles. The van der Waals surface area contributed by atoms with Crippen LogP contribution in [0.2, 0.25) is 0 Å². The Kier molecular flexibility index (Phi) is 25.6. The van der Waals surface area contributed by atoms with Crippen molar-refractivity contribution in [2.75, 3.05) is 0 Å². The van der Waals surface area contributed by atoms with Gasteiger partial charge in [-0.3, -0.25) is 0 Å². The fourth-order valence-corrected chi connectivity index (χ4v) is 0. The minimum atomic E-state index is 0. The Morgan fingerprint density at radius 3 is 1.25 bits per heavy atom. The van der Waals surface area contributed by atoms with Crippen LogP contribution in [0.1, 0.15) is 0 Å². The number of halogens is 2. The van der Waals surface area contributed by atoms with Crippen LogP contribution in [0.4, 0.5) is 0 Å². The van der Waals surface area contributed by atoms with Gasteiger partial charge < -0.3 is 0 Å². The molecule has 0 amide bonds. The Balaban J connectivity index is 0. The topological polar surface area (TPSA) is 0 Å². The summed E-state index contributed by atoms with van der Waals surface area (Å²) in [5, 5.41) is 0. The molecule has 0 spiro atoms. The van der Waals surface area contributed by atoms with Crippen molar-refractivity contribution < 1.29 is 0 Å². The Bertz CT molecular complexity index is 6.00. The van der Waals surface area contributed by atoms with Crippen molar-refractivity contribution in [2.24, 2.45) is 0 Å². The van der Waals surface area contributed by atoms with Crippen LogP contribution >= 0.6 is 28.0 Å². The maximum absolute atomic E-state index is 3.19. The third-order valence-electron chi connectivity index (χ3n) is 0. The molecule has 0 saturated heterocycles. The van der Waals surface area contributed by atoms with E-state index < -0.39 is 0 Å². The van der Waals surface area contributed by atoms with Crippen molar-refractivity contribution in [2.45, 2.75) is 0 Å². The fraction of sp³-hybridized carbons (Fsp3) is 0. The third-order valence-corrected chi connectivity index (χ3v) is 0. The molecule has 0 N–H and O–H groups in total. The van der Waals surface area contributed by atoms with Crippen LogP contribution in [0.3, 0.4) is 0 Å². The molecule has 0 unspecified atom stereocenters. The second-order valence-electron chi connectivity index (χ2n) is 0.0714. The zero-order valence-electron chi connectivity index (χ0n) is 2.26. The molecule has 0 aliphatic heterocycles. The smallest absolute Gasteiger partial charge is 0 e. The SMILES string of the molecule is [Br][Ge][Br].[Cs]. The predicted octanol–water partition coefficient (Wildman–Crippen LogP) is 0.930. The molecule has 3 radical (unpaired) electrons. The molecule has 0 aromatic rings. The van der Waals surface area contributed by atoms with Crippen molar-refractivity contribution in [1.29, 1.82) is 0 Å². The molecule has 0 atom stereocenters. The van der Waals surface area contributed by atoms with Crippen LogP contribution in [-0.4, -0.2) is 80.6 Å². The summed E-state index contributed by atoms with van der Waals surface area (Å²) in [6, 6.07) is 0. The molecule has 0 bridgehead atoms. The molecule has 0 aromatic heterocycles. The molecular formula is Br2CsGe. The zero-order valence-corrected chi connectivity index (χ0v) is 13.8. The molecule has 0 aliphatic carbocycles. The quantitative estimate of drug-likeness (QED) is 0.561. The van der Waals surface area contributed by atoms with Gasteiger partial charge in [-0.05, 0) is 0 Å². The predicted molar refractivity (Wildman–Crippen MR) is 29.4 cm³/mol. The molecule has 4 heavy (non-hydrogen) atoms. The summed E-state index contributed by atoms with van der Waals surface area (Å²) in [5.74, 6) is 0. The first-order valence-corrected chi connectivity index (χ1v) is 10.2. The molecule has 4 heteroatoms. The largest absolute Gasteiger partial charge is 0 e. The Morgan fingerprint density at radius 1 is 1.25 bits per heavy atom. The van der Waals surface area contributed by atoms with Gasteiger partial charge >= 0.3 is 39.8 Å². The van der Waals surface area contributed by atoms with E-state index in [1.807, 2.05) is 0 Å². The molecule has 0 nitrogen and oxygen atoms in total. The molecule has 0 aliphatic rings. The van der Waals surface area contributed by atoms with Crippen molar-refractivity contribution in [1.82, 2.24) is 0 Å². The van der Waals surface area contributed by atoms with Crippen LogP contribution in [-0.2, 0) is 0 Å². The number of hydrogen-bond acceptors (Lipinski definition) is 0. The second kappa shape index (κ2) is 9.75. The van der Waals surface area contributed by atoms with Gasteiger partial charge in [-0.15, -0.1) is 0 Å². The van der Waals surface area contributed by atoms with Gasteiger partial charge in [0.25, 0.3) is 0 Å². The van der Waals surface area contributed by atoms with E-state index in [0.717, 1.165) is 0 Å². The molecule has 0 heterocycles. The van der Waals surface area contributed by atoms with E-state index in [1.54, 1.807) is 0 Å². The second-order valence-corrected chi connectivity index (χ2v) is 10.0. The van der Waals surface area contributed by atoms with Gasteiger partial charge in [0, 0.05) is 68.9 Å². The van der Waals surface area contributed by atoms with Crippen molar-refractivity contribution in [3.8, 4) is 0 Å². The van der Waals surface area contributed by atoms with Gasteiger partial charge in [-0.1, -0.05) is 0 Å². The Labute approximate surface area is 105 Å². The number of hydrogen-bond donors (Lipinski definition) is 0. The molecule has 0 aromatic carbocycles. The zero-order chi connectivity index (χ0) is 2.71. The van der Waals surface area contributed by atoms with Gasteiger partial charge in [-0.25, -0.2) is 0 Å². The maximum atomic E-state index is 3.19. The minimum absolute atomic E-state index is 0. The van der Waals surface area contributed by atoms with Crippen LogP contribution in [0, 0.1) is 0 Å².